The van der Waals surface area contributed by atoms with Crippen LogP contribution in [0.25, 0.3) is 10.9 Å². The SMILES string of the molecule is CN(CC(C)(C)C)C(=O)c1ccc2c(C(N)=O)c(NC(=O)c3ccc(C(C=N)C=N)s3)[nH]c2c1. The molecule has 0 spiro atoms. The summed E-state index contributed by atoms with van der Waals surface area (Å²) in [6, 6.07) is 8.20. The molecule has 6 N–H and O–H groups in total. The fourth-order valence-corrected chi connectivity index (χ4v) is 4.67. The first-order valence-corrected chi connectivity index (χ1v) is 11.4. The number of carbonyl (C=O) groups is 3. The minimum atomic E-state index is -0.718. The van der Waals surface area contributed by atoms with E-state index < -0.39 is 17.7 Å². The molecule has 0 fully saturated rings. The van der Waals surface area contributed by atoms with Gasteiger partial charge >= 0.3 is 0 Å². The maximum absolute atomic E-state index is 12.9. The van der Waals surface area contributed by atoms with Crippen molar-refractivity contribution in [3.63, 3.8) is 0 Å². The van der Waals surface area contributed by atoms with Gasteiger partial charge in [0.2, 0.25) is 0 Å². The summed E-state index contributed by atoms with van der Waals surface area (Å²) in [4.78, 5) is 43.6. The second-order valence-electron chi connectivity index (χ2n) is 9.24. The number of carbonyl (C=O) groups excluding carboxylic acids is 3. The van der Waals surface area contributed by atoms with Crippen LogP contribution in [0.1, 0.15) is 62.0 Å². The zero-order valence-electron chi connectivity index (χ0n) is 19.5. The lowest BCUT2D eigenvalue weighted by atomic mass is 9.96. The lowest BCUT2D eigenvalue weighted by Gasteiger charge is -2.26. The van der Waals surface area contributed by atoms with E-state index in [0.29, 0.717) is 32.8 Å². The lowest BCUT2D eigenvalue weighted by molar-refractivity contribution is 0.0745. The number of amides is 3. The van der Waals surface area contributed by atoms with Gasteiger partial charge in [-0.15, -0.1) is 11.3 Å². The molecule has 1 aromatic carbocycles. The molecular formula is C24H28N6O3S. The van der Waals surface area contributed by atoms with Crippen molar-refractivity contribution in [2.75, 3.05) is 18.9 Å². The van der Waals surface area contributed by atoms with Crippen molar-refractivity contribution in [1.82, 2.24) is 9.88 Å². The first-order chi connectivity index (χ1) is 15.9. The molecule has 0 atom stereocenters. The van der Waals surface area contributed by atoms with Crippen LogP contribution in [0.5, 0.6) is 0 Å². The zero-order valence-corrected chi connectivity index (χ0v) is 20.3. The molecule has 2 aromatic heterocycles. The molecule has 34 heavy (non-hydrogen) atoms. The van der Waals surface area contributed by atoms with Crippen LogP contribution in [0.3, 0.4) is 0 Å². The number of rotatable bonds is 8. The van der Waals surface area contributed by atoms with Crippen molar-refractivity contribution in [3.8, 4) is 0 Å². The number of H-pyrrole nitrogens is 1. The van der Waals surface area contributed by atoms with E-state index in [2.05, 4.69) is 10.3 Å². The van der Waals surface area contributed by atoms with Crippen molar-refractivity contribution < 1.29 is 14.4 Å². The van der Waals surface area contributed by atoms with Crippen LogP contribution >= 0.6 is 11.3 Å². The summed E-state index contributed by atoms with van der Waals surface area (Å²) in [6.07, 6.45) is 2.25. The molecule has 3 rings (SSSR count). The molecule has 178 valence electrons. The number of nitrogens with zero attached hydrogens (tertiary/aromatic N) is 1. The molecule has 0 unspecified atom stereocenters. The Bertz CT molecular complexity index is 1280. The van der Waals surface area contributed by atoms with Crippen molar-refractivity contribution in [2.24, 2.45) is 11.1 Å². The second kappa shape index (κ2) is 9.60. The van der Waals surface area contributed by atoms with Crippen LogP contribution in [0, 0.1) is 16.2 Å². The monoisotopic (exact) mass is 480 g/mol. The predicted molar refractivity (Wildman–Crippen MR) is 136 cm³/mol. The summed E-state index contributed by atoms with van der Waals surface area (Å²) in [7, 11) is 1.74. The lowest BCUT2D eigenvalue weighted by Crippen LogP contribution is -2.34. The van der Waals surface area contributed by atoms with E-state index >= 15 is 0 Å². The standard InChI is InChI=1S/C24H28N6O3S/c1-24(2,3)12-30(4)23(33)13-5-6-15-16(9-13)28-21(19(15)20(27)31)29-22(32)18-8-7-17(34-18)14(10-25)11-26/h5-11,14,25-26,28H,12H2,1-4H3,(H2,27,31)(H,29,32). The third-order valence-corrected chi connectivity index (χ3v) is 6.31. The number of anilines is 1. The molecule has 0 saturated carbocycles. The third kappa shape index (κ3) is 5.23. The summed E-state index contributed by atoms with van der Waals surface area (Å²) in [5.41, 5.74) is 6.61. The minimum absolute atomic E-state index is 0.0589. The Hall–Kier alpha value is -3.79. The number of primary amides is 1. The topological polar surface area (TPSA) is 156 Å². The van der Waals surface area contributed by atoms with E-state index in [0.717, 1.165) is 23.8 Å². The summed E-state index contributed by atoms with van der Waals surface area (Å²) >= 11 is 1.16. The van der Waals surface area contributed by atoms with Crippen LogP contribution in [0.15, 0.2) is 30.3 Å². The van der Waals surface area contributed by atoms with Gasteiger partial charge in [0.05, 0.1) is 16.4 Å². The molecule has 0 radical (unpaired) electrons. The van der Waals surface area contributed by atoms with Crippen molar-refractivity contribution in [3.05, 3.63) is 51.2 Å². The quantitative estimate of drug-likeness (QED) is 0.308. The Kier molecular flexibility index (Phi) is 7.01. The van der Waals surface area contributed by atoms with E-state index in [-0.39, 0.29) is 22.7 Å². The molecule has 3 aromatic rings. The highest BCUT2D eigenvalue weighted by atomic mass is 32.1. The number of nitrogens with two attached hydrogens (primary N) is 1. The van der Waals surface area contributed by atoms with Gasteiger partial charge < -0.3 is 31.8 Å². The summed E-state index contributed by atoms with van der Waals surface area (Å²) in [6.45, 7) is 6.71. The van der Waals surface area contributed by atoms with Crippen LogP contribution < -0.4 is 11.1 Å². The molecule has 9 nitrogen and oxygen atoms in total. The predicted octanol–water partition coefficient (Wildman–Crippen LogP) is 4.08. The van der Waals surface area contributed by atoms with Gasteiger partial charge in [-0.25, -0.2) is 0 Å². The smallest absolute Gasteiger partial charge is 0.266 e. The van der Waals surface area contributed by atoms with Crippen molar-refractivity contribution in [2.45, 2.75) is 26.7 Å². The van der Waals surface area contributed by atoms with Crippen LogP contribution in [0.2, 0.25) is 0 Å². The first kappa shape index (κ1) is 24.8. The maximum Gasteiger partial charge on any atom is 0.266 e. The number of nitrogens with one attached hydrogen (secondary N) is 4. The second-order valence-corrected chi connectivity index (χ2v) is 10.4. The van der Waals surface area contributed by atoms with Gasteiger partial charge in [0, 0.05) is 47.4 Å². The molecule has 0 aliphatic rings. The average molecular weight is 481 g/mol. The maximum atomic E-state index is 12.9. The van der Waals surface area contributed by atoms with Gasteiger partial charge in [0.15, 0.2) is 0 Å². The molecule has 2 heterocycles. The number of fused-ring (bicyclic) bond motifs is 1. The Labute approximate surface area is 201 Å². The van der Waals surface area contributed by atoms with Crippen LogP contribution in [-0.2, 0) is 0 Å². The largest absolute Gasteiger partial charge is 0.365 e. The molecule has 3 amide bonds. The highest BCUT2D eigenvalue weighted by Crippen LogP contribution is 2.29. The van der Waals surface area contributed by atoms with Gasteiger partial charge in [0.25, 0.3) is 17.7 Å². The number of benzene rings is 1. The summed E-state index contributed by atoms with van der Waals surface area (Å²) in [5.74, 6) is -1.68. The number of thiophene rings is 1. The first-order valence-electron chi connectivity index (χ1n) is 10.6. The van der Waals surface area contributed by atoms with Crippen molar-refractivity contribution in [1.29, 1.82) is 10.8 Å². The van der Waals surface area contributed by atoms with E-state index in [9.17, 15) is 14.4 Å². The average Bonchev–Trinajstić information content (AvgIpc) is 3.37. The Balaban J connectivity index is 1.92. The van der Waals surface area contributed by atoms with Crippen LogP contribution in [0.4, 0.5) is 5.82 Å². The molecule has 10 heteroatoms. The molecular weight excluding hydrogens is 452 g/mol. The highest BCUT2D eigenvalue weighted by Gasteiger charge is 2.23. The third-order valence-electron chi connectivity index (χ3n) is 5.13. The van der Waals surface area contributed by atoms with Gasteiger partial charge in [-0.2, -0.15) is 0 Å². The summed E-state index contributed by atoms with van der Waals surface area (Å²) in [5, 5.41) is 18.0. The van der Waals surface area contributed by atoms with E-state index in [1.165, 1.54) is 0 Å². The normalized spacial score (nSPS) is 12.2. The van der Waals surface area contributed by atoms with Crippen LogP contribution in [-0.4, -0.2) is 53.6 Å². The van der Waals surface area contributed by atoms with Gasteiger partial charge in [0.1, 0.15) is 5.82 Å². The van der Waals surface area contributed by atoms with E-state index in [4.69, 9.17) is 16.6 Å². The Morgan fingerprint density at radius 3 is 2.44 bits per heavy atom. The fourth-order valence-electron chi connectivity index (χ4n) is 3.73. The molecule has 0 saturated heterocycles. The number of hydrogen-bond donors (Lipinski definition) is 5. The highest BCUT2D eigenvalue weighted by molar-refractivity contribution is 7.14. The van der Waals surface area contributed by atoms with E-state index in [1.54, 1.807) is 42.3 Å². The van der Waals surface area contributed by atoms with Gasteiger partial charge in [-0.3, -0.25) is 14.4 Å². The van der Waals surface area contributed by atoms with E-state index in [1.807, 2.05) is 20.8 Å². The number of hydrogen-bond acceptors (Lipinski definition) is 6. The van der Waals surface area contributed by atoms with Crippen molar-refractivity contribution >= 4 is 58.2 Å². The fraction of sp³-hybridized carbons (Fsp3) is 0.292. The molecule has 0 aliphatic carbocycles. The number of aromatic amines is 1. The van der Waals surface area contributed by atoms with Gasteiger partial charge in [-0.1, -0.05) is 26.8 Å². The Morgan fingerprint density at radius 2 is 1.85 bits per heavy atom. The zero-order chi connectivity index (χ0) is 25.2. The number of aromatic nitrogens is 1. The summed E-state index contributed by atoms with van der Waals surface area (Å²) < 4.78 is 0. The molecule has 0 bridgehead atoms. The molecule has 0 aliphatic heterocycles. The van der Waals surface area contributed by atoms with Gasteiger partial charge in [-0.05, 0) is 29.7 Å². The minimum Gasteiger partial charge on any atom is -0.365 e. The Morgan fingerprint density at radius 1 is 1.18 bits per heavy atom.